The Morgan fingerprint density at radius 3 is 1.76 bits per heavy atom. The lowest BCUT2D eigenvalue weighted by molar-refractivity contribution is -0.138. The molecule has 7 N–H and O–H groups in total. The summed E-state index contributed by atoms with van der Waals surface area (Å²) in [5.41, 5.74) is 5.46. The van der Waals surface area contributed by atoms with Gasteiger partial charge in [0.15, 0.2) is 0 Å². The molecule has 4 atom stereocenters. The van der Waals surface area contributed by atoms with Crippen LogP contribution < -0.4 is 27.0 Å². The second-order valence-corrected chi connectivity index (χ2v) is 5.75. The van der Waals surface area contributed by atoms with Crippen molar-refractivity contribution in [1.29, 1.82) is 0 Å². The number of carboxylic acids is 1. The van der Waals surface area contributed by atoms with Crippen LogP contribution in [0.3, 0.4) is 0 Å². The first-order chi connectivity index (χ1) is 11.6. The fourth-order valence-corrected chi connectivity index (χ4v) is 2.12. The molecule has 140 valence electrons. The van der Waals surface area contributed by atoms with Gasteiger partial charge in [-0.2, -0.15) is 0 Å². The van der Waals surface area contributed by atoms with Crippen LogP contribution in [0, 0.1) is 0 Å². The second-order valence-electron chi connectivity index (χ2n) is 5.75. The van der Waals surface area contributed by atoms with Crippen LogP contribution in [0.4, 0.5) is 0 Å². The summed E-state index contributed by atoms with van der Waals surface area (Å²) in [5.74, 6) is -3.75. The Morgan fingerprint density at radius 1 is 0.880 bits per heavy atom. The van der Waals surface area contributed by atoms with Crippen molar-refractivity contribution in [3.8, 4) is 0 Å². The highest BCUT2D eigenvalue weighted by molar-refractivity contribution is 5.97. The van der Waals surface area contributed by atoms with Crippen molar-refractivity contribution in [3.05, 3.63) is 0 Å². The van der Waals surface area contributed by atoms with Gasteiger partial charge in [0.25, 0.3) is 0 Å². The summed E-state index contributed by atoms with van der Waals surface area (Å²) in [7, 11) is 0. The van der Waals surface area contributed by atoms with E-state index < -0.39 is 53.8 Å². The van der Waals surface area contributed by atoms with Gasteiger partial charge in [0.2, 0.25) is 23.6 Å². The van der Waals surface area contributed by atoms with Crippen LogP contribution in [-0.2, 0) is 24.0 Å². The highest BCUT2D eigenvalue weighted by atomic mass is 16.4. The van der Waals surface area contributed by atoms with E-state index in [4.69, 9.17) is 10.8 Å². The van der Waals surface area contributed by atoms with E-state index in [-0.39, 0.29) is 19.4 Å². The minimum Gasteiger partial charge on any atom is -0.481 e. The topological polar surface area (TPSA) is 180 Å². The van der Waals surface area contributed by atoms with Crippen LogP contribution in [0.2, 0.25) is 0 Å². The van der Waals surface area contributed by atoms with Gasteiger partial charge in [-0.3, -0.25) is 24.0 Å². The Kier molecular flexibility index (Phi) is 7.30. The average molecular weight is 357 g/mol. The number of carbonyl (C=O) groups is 5. The smallest absolute Gasteiger partial charge is 0.303 e. The number of amides is 4. The molecule has 1 saturated heterocycles. The summed E-state index contributed by atoms with van der Waals surface area (Å²) in [6.07, 6.45) is -0.512. The summed E-state index contributed by atoms with van der Waals surface area (Å²) in [5, 5.41) is 18.3. The van der Waals surface area contributed by atoms with E-state index in [1.54, 1.807) is 0 Å². The number of rotatable bonds is 4. The molecule has 0 unspecified atom stereocenters. The molecule has 0 spiro atoms. The first kappa shape index (κ1) is 20.4. The fraction of sp³-hybridized carbons (Fsp3) is 0.643. The molecule has 1 aliphatic rings. The fourth-order valence-electron chi connectivity index (χ4n) is 2.12. The molecule has 0 aliphatic carbocycles. The molecule has 1 aliphatic heterocycles. The van der Waals surface area contributed by atoms with Crippen molar-refractivity contribution >= 4 is 29.6 Å². The first-order valence-electron chi connectivity index (χ1n) is 7.79. The minimum atomic E-state index is -1.15. The largest absolute Gasteiger partial charge is 0.481 e. The van der Waals surface area contributed by atoms with Gasteiger partial charge in [0, 0.05) is 13.0 Å². The van der Waals surface area contributed by atoms with Crippen LogP contribution in [0.1, 0.15) is 26.7 Å². The standard InChI is InChI=1S/C14H23N5O6/c1-6-11(22)18-8(3-4-10(20)21)13(24)16-7(2)12(23)19-9(5-15)14(25)17-6/h6-9H,3-5,15H2,1-2H3,(H,16,24)(H,17,25)(H,18,22)(H,19,23)(H,20,21)/t6-,7-,8+,9+/m1/s1. The maximum absolute atomic E-state index is 12.3. The van der Waals surface area contributed by atoms with E-state index in [0.29, 0.717) is 0 Å². The zero-order valence-corrected chi connectivity index (χ0v) is 14.0. The van der Waals surface area contributed by atoms with Gasteiger partial charge in [-0.25, -0.2) is 0 Å². The Morgan fingerprint density at radius 2 is 1.32 bits per heavy atom. The number of carboxylic acid groups (broad SMARTS) is 1. The third-order valence-corrected chi connectivity index (χ3v) is 3.65. The van der Waals surface area contributed by atoms with Gasteiger partial charge in [0.1, 0.15) is 24.2 Å². The maximum atomic E-state index is 12.3. The number of hydrogen-bond acceptors (Lipinski definition) is 6. The molecule has 1 rings (SSSR count). The molecule has 0 aromatic heterocycles. The Hall–Kier alpha value is -2.69. The van der Waals surface area contributed by atoms with E-state index in [0.717, 1.165) is 0 Å². The molecule has 1 fully saturated rings. The zero-order chi connectivity index (χ0) is 19.1. The molecule has 11 nitrogen and oxygen atoms in total. The van der Waals surface area contributed by atoms with E-state index >= 15 is 0 Å². The SMILES string of the molecule is C[C@H]1NC(=O)[C@H](CN)NC(=O)[C@@H](C)NC(=O)[C@H](CCC(=O)O)NC1=O. The molecule has 1 heterocycles. The van der Waals surface area contributed by atoms with Gasteiger partial charge in [-0.05, 0) is 20.3 Å². The van der Waals surface area contributed by atoms with Crippen LogP contribution in [0.15, 0.2) is 0 Å². The summed E-state index contributed by atoms with van der Waals surface area (Å²) in [6, 6.07) is -4.21. The highest BCUT2D eigenvalue weighted by Gasteiger charge is 2.31. The normalized spacial score (nSPS) is 28.6. The number of hydrogen-bond donors (Lipinski definition) is 6. The van der Waals surface area contributed by atoms with Crippen molar-refractivity contribution in [2.24, 2.45) is 5.73 Å². The Balaban J connectivity index is 3.02. The zero-order valence-electron chi connectivity index (χ0n) is 14.0. The van der Waals surface area contributed by atoms with Gasteiger partial charge < -0.3 is 32.1 Å². The number of nitrogens with two attached hydrogens (primary N) is 1. The predicted molar refractivity (Wildman–Crippen MR) is 85.0 cm³/mol. The summed E-state index contributed by atoms with van der Waals surface area (Å²) >= 11 is 0. The van der Waals surface area contributed by atoms with Crippen LogP contribution in [0.25, 0.3) is 0 Å². The molecule has 0 bridgehead atoms. The molecule has 25 heavy (non-hydrogen) atoms. The third-order valence-electron chi connectivity index (χ3n) is 3.65. The minimum absolute atomic E-state index is 0.159. The molecular weight excluding hydrogens is 334 g/mol. The van der Waals surface area contributed by atoms with Gasteiger partial charge in [-0.15, -0.1) is 0 Å². The number of aliphatic carboxylic acids is 1. The van der Waals surface area contributed by atoms with Crippen LogP contribution in [0.5, 0.6) is 0 Å². The summed E-state index contributed by atoms with van der Waals surface area (Å²) in [4.78, 5) is 59.3. The molecule has 0 aromatic rings. The van der Waals surface area contributed by atoms with Gasteiger partial charge >= 0.3 is 5.97 Å². The van der Waals surface area contributed by atoms with Crippen LogP contribution >= 0.6 is 0 Å². The summed E-state index contributed by atoms with van der Waals surface area (Å²) < 4.78 is 0. The van der Waals surface area contributed by atoms with E-state index in [1.165, 1.54) is 13.8 Å². The highest BCUT2D eigenvalue weighted by Crippen LogP contribution is 2.02. The van der Waals surface area contributed by atoms with Gasteiger partial charge in [-0.1, -0.05) is 0 Å². The van der Waals surface area contributed by atoms with Crippen molar-refractivity contribution in [2.45, 2.75) is 50.9 Å². The van der Waals surface area contributed by atoms with E-state index in [9.17, 15) is 24.0 Å². The molecule has 0 saturated carbocycles. The summed E-state index contributed by atoms with van der Waals surface area (Å²) in [6.45, 7) is 2.60. The number of nitrogens with one attached hydrogen (secondary N) is 4. The molecule has 11 heteroatoms. The second kappa shape index (κ2) is 8.97. The lowest BCUT2D eigenvalue weighted by Crippen LogP contribution is -2.61. The number of carbonyl (C=O) groups excluding carboxylic acids is 4. The molecule has 0 radical (unpaired) electrons. The monoisotopic (exact) mass is 357 g/mol. The Bertz CT molecular complexity index is 566. The van der Waals surface area contributed by atoms with Crippen molar-refractivity contribution < 1.29 is 29.1 Å². The van der Waals surface area contributed by atoms with E-state index in [1.807, 2.05) is 0 Å². The quantitative estimate of drug-likeness (QED) is 0.306. The van der Waals surface area contributed by atoms with Crippen molar-refractivity contribution in [2.75, 3.05) is 6.54 Å². The van der Waals surface area contributed by atoms with Crippen LogP contribution in [-0.4, -0.2) is 65.4 Å². The van der Waals surface area contributed by atoms with Crippen molar-refractivity contribution in [3.63, 3.8) is 0 Å². The Labute approximate surface area is 144 Å². The molecule has 4 amide bonds. The molecular formula is C14H23N5O6. The predicted octanol–water partition coefficient (Wildman–Crippen LogP) is -3.20. The first-order valence-corrected chi connectivity index (χ1v) is 7.79. The molecule has 0 aromatic carbocycles. The average Bonchev–Trinajstić information content (AvgIpc) is 2.54. The third kappa shape index (κ3) is 6.03. The van der Waals surface area contributed by atoms with Gasteiger partial charge in [0.05, 0.1) is 0 Å². The maximum Gasteiger partial charge on any atom is 0.303 e. The lowest BCUT2D eigenvalue weighted by Gasteiger charge is -2.26. The van der Waals surface area contributed by atoms with E-state index in [2.05, 4.69) is 21.3 Å². The van der Waals surface area contributed by atoms with Crippen molar-refractivity contribution in [1.82, 2.24) is 21.3 Å². The lowest BCUT2D eigenvalue weighted by atomic mass is 10.1.